The highest BCUT2D eigenvalue weighted by Crippen LogP contribution is 2.45. The minimum atomic E-state index is -2.05. The molecule has 0 aliphatic carbocycles. The number of aliphatic hydroxyl groups is 11. The van der Waals surface area contributed by atoms with Gasteiger partial charge in [0.2, 0.25) is 34.9 Å². The summed E-state index contributed by atoms with van der Waals surface area (Å²) in [5.41, 5.74) is -0.982. The number of aromatic hydroxyl groups is 9. The van der Waals surface area contributed by atoms with Gasteiger partial charge in [-0.2, -0.15) is 0 Å². The Morgan fingerprint density at radius 1 is 0.443 bits per heavy atom. The molecule has 0 saturated carbocycles. The van der Waals surface area contributed by atoms with Crippen LogP contribution in [-0.2, 0) is 47.5 Å². The standard InChI is InChI=1S/C39H42O19.C38H40O19/c1-15-4-5-17(10-22(15)52-3)6-9-26(44)53-14-25-30(47)32(49)34(51)38(56-25)58-37-33(50)29(46)24(13-40)55-39(37)57-36-31(48)27-21(43)11-18(41)12-23(27)54-35(36)19-7-8-20(42)28(45)16(19)2;1-3-22-28(45)32(49)36(57-37-33(50)31(48)29(46)25(55-37)14-52-26(44)9-5-15-4-7-19(41)23(10-15)51-2)38(54-22)56-35-30(47)27-21(43)12-17(39)13-24(27)53-34(35)16-6-8-18(40)20(42)11-16/h4-12,24-25,29-30,32-34,37-43,45-47,49-51H,13-14H2,1-3H3;4-13,22,25,28-29,31-33,36-43,45-46,48-50H,3,14H2,1-2H3/b9-6-;9-5-. The van der Waals surface area contributed by atoms with Gasteiger partial charge in [0, 0.05) is 53.1 Å². The third-order valence-corrected chi connectivity index (χ3v) is 19.2. The molecule has 0 bridgehead atoms. The van der Waals surface area contributed by atoms with E-state index in [2.05, 4.69) is 0 Å². The van der Waals surface area contributed by atoms with Gasteiger partial charge in [0.05, 0.1) is 26.9 Å². The van der Waals surface area contributed by atoms with Gasteiger partial charge in [-0.05, 0) is 97.6 Å². The Bertz CT molecular complexity index is 5040. The van der Waals surface area contributed by atoms with Crippen LogP contribution in [0.4, 0.5) is 0 Å². The fourth-order valence-corrected chi connectivity index (χ4v) is 12.9. The van der Waals surface area contributed by atoms with Gasteiger partial charge in [0.1, 0.15) is 143 Å². The summed E-state index contributed by atoms with van der Waals surface area (Å²) in [6, 6.07) is 18.9. The highest BCUT2D eigenvalue weighted by Gasteiger charge is 2.54. The molecule has 20 atom stereocenters. The highest BCUT2D eigenvalue weighted by molar-refractivity contribution is 5.91. The quantitative estimate of drug-likeness (QED) is 0.0254. The molecule has 618 valence electrons. The average molecular weight is 1620 g/mol. The Morgan fingerprint density at radius 2 is 0.887 bits per heavy atom. The second kappa shape index (κ2) is 35.7. The molecule has 38 heteroatoms. The van der Waals surface area contributed by atoms with Crippen molar-refractivity contribution in [1.82, 2.24) is 0 Å². The number of aryl methyl sites for hydroxylation is 1. The molecule has 0 radical (unpaired) electrons. The number of esters is 2. The molecule has 8 aromatic rings. The zero-order valence-corrected chi connectivity index (χ0v) is 61.1. The van der Waals surface area contributed by atoms with Gasteiger partial charge in [-0.1, -0.05) is 25.1 Å². The van der Waals surface area contributed by atoms with E-state index >= 15 is 0 Å². The van der Waals surface area contributed by atoms with Crippen LogP contribution in [0.3, 0.4) is 0 Å². The van der Waals surface area contributed by atoms with Crippen LogP contribution in [0.1, 0.15) is 35.6 Å². The summed E-state index contributed by atoms with van der Waals surface area (Å²) >= 11 is 0. The van der Waals surface area contributed by atoms with E-state index in [1.54, 1.807) is 25.1 Å². The predicted octanol–water partition coefficient (Wildman–Crippen LogP) is 0.857. The lowest BCUT2D eigenvalue weighted by Crippen LogP contribution is -2.65. The Balaban J connectivity index is 0.000000226. The number of phenols is 9. The number of hydrogen-bond donors (Lipinski definition) is 20. The first kappa shape index (κ1) is 84.8. The molecule has 2 aromatic heterocycles. The topological polar surface area (TPSA) is 610 Å². The monoisotopic (exact) mass is 1610 g/mol. The summed E-state index contributed by atoms with van der Waals surface area (Å²) in [5.74, 6) is -8.20. The van der Waals surface area contributed by atoms with Crippen LogP contribution >= 0.6 is 0 Å². The van der Waals surface area contributed by atoms with Gasteiger partial charge in [-0.3, -0.25) is 9.59 Å². The van der Waals surface area contributed by atoms with Gasteiger partial charge in [0.25, 0.3) is 0 Å². The van der Waals surface area contributed by atoms with Crippen molar-refractivity contribution in [1.29, 1.82) is 0 Å². The minimum absolute atomic E-state index is 0.0262. The lowest BCUT2D eigenvalue weighted by atomic mass is 9.96. The summed E-state index contributed by atoms with van der Waals surface area (Å²) in [6.07, 6.45) is -31.5. The van der Waals surface area contributed by atoms with Crippen molar-refractivity contribution in [3.8, 4) is 97.4 Å². The van der Waals surface area contributed by atoms with Crippen LogP contribution in [0.2, 0.25) is 0 Å². The first-order valence-corrected chi connectivity index (χ1v) is 35.1. The second-order valence-electron chi connectivity index (χ2n) is 26.9. The van der Waals surface area contributed by atoms with Crippen molar-refractivity contribution in [2.24, 2.45) is 0 Å². The second-order valence-corrected chi connectivity index (χ2v) is 26.9. The van der Waals surface area contributed by atoms with Gasteiger partial charge < -0.3 is 168 Å². The third-order valence-electron chi connectivity index (χ3n) is 19.2. The highest BCUT2D eigenvalue weighted by atomic mass is 16.8. The number of phenolic OH excluding ortho intramolecular Hbond substituents is 9. The molecule has 4 aliphatic heterocycles. The Kier molecular flexibility index (Phi) is 26.3. The van der Waals surface area contributed by atoms with Crippen LogP contribution in [-0.4, -0.2) is 271 Å². The number of ether oxygens (including phenoxy) is 12. The molecular weight excluding hydrogens is 1530 g/mol. The Hall–Kier alpha value is -11.1. The molecule has 20 unspecified atom stereocenters. The lowest BCUT2D eigenvalue weighted by Gasteiger charge is -2.46. The zero-order chi connectivity index (χ0) is 83.5. The number of rotatable bonds is 22. The molecule has 6 aromatic carbocycles. The number of benzene rings is 6. The maximum Gasteiger partial charge on any atom is 0.330 e. The molecule has 115 heavy (non-hydrogen) atoms. The predicted molar refractivity (Wildman–Crippen MR) is 389 cm³/mol. The molecule has 6 heterocycles. The average Bonchev–Trinajstić information content (AvgIpc) is 0.754. The zero-order valence-electron chi connectivity index (χ0n) is 61.1. The fourth-order valence-electron chi connectivity index (χ4n) is 12.9. The van der Waals surface area contributed by atoms with Crippen LogP contribution in [0.15, 0.2) is 122 Å². The first-order chi connectivity index (χ1) is 54.6. The molecular formula is C77H82O38. The maximum atomic E-state index is 14.1. The lowest BCUT2D eigenvalue weighted by molar-refractivity contribution is -0.358. The largest absolute Gasteiger partial charge is 0.508 e. The van der Waals surface area contributed by atoms with Gasteiger partial charge in [0.15, 0.2) is 70.8 Å². The molecule has 4 saturated heterocycles. The van der Waals surface area contributed by atoms with Crippen LogP contribution in [0, 0.1) is 13.8 Å². The minimum Gasteiger partial charge on any atom is -0.508 e. The van der Waals surface area contributed by atoms with Crippen molar-refractivity contribution in [2.75, 3.05) is 34.0 Å². The van der Waals surface area contributed by atoms with Crippen LogP contribution < -0.4 is 29.8 Å². The Labute approximate surface area is 648 Å². The van der Waals surface area contributed by atoms with E-state index in [1.165, 1.54) is 63.6 Å². The van der Waals surface area contributed by atoms with Crippen molar-refractivity contribution in [3.05, 3.63) is 146 Å². The number of methoxy groups -OCH3 is 2. The molecule has 4 aliphatic rings. The SMILES string of the molecule is CCC1OC(Oc2c(-c3ccc(O)c(O)c3)oc3cc(O)cc(O)c3c2=O)C(OC2OC(COC(=O)/C=C\c3ccc(O)c(OC)c3)C(O)C(O)C2O)C(O)C1O.COc1cc(/C=C\C(=O)OCC2OC(OC3C(Oc4c(-c5ccc(O)c(O)c5C)oc5cc(O)cc(O)c5c4=O)OC(CO)C(O)C3O)C(O)C(O)C2O)ccc1C. The Morgan fingerprint density at radius 3 is 1.38 bits per heavy atom. The molecule has 38 nitrogen and oxygen atoms in total. The van der Waals surface area contributed by atoms with Crippen molar-refractivity contribution in [3.63, 3.8) is 0 Å². The normalized spacial score (nSPS) is 27.6. The molecule has 4 fully saturated rings. The first-order valence-electron chi connectivity index (χ1n) is 35.1. The summed E-state index contributed by atoms with van der Waals surface area (Å²) in [4.78, 5) is 53.2. The number of aliphatic hydroxyl groups excluding tert-OH is 11. The van der Waals surface area contributed by atoms with Gasteiger partial charge >= 0.3 is 11.9 Å². The van der Waals surface area contributed by atoms with E-state index in [0.717, 1.165) is 60.2 Å². The van der Waals surface area contributed by atoms with E-state index in [1.807, 2.05) is 6.92 Å². The van der Waals surface area contributed by atoms with E-state index in [9.17, 15) is 121 Å². The van der Waals surface area contributed by atoms with Gasteiger partial charge in [-0.15, -0.1) is 0 Å². The maximum absolute atomic E-state index is 14.1. The van der Waals surface area contributed by atoms with Crippen LogP contribution in [0.25, 0.3) is 56.7 Å². The number of hydrogen-bond acceptors (Lipinski definition) is 38. The number of carbonyl (C=O) groups excluding carboxylic acids is 2. The fraction of sp³-hybridized carbons (Fsp3) is 0.377. The van der Waals surface area contributed by atoms with Crippen molar-refractivity contribution in [2.45, 2.75) is 150 Å². The summed E-state index contributed by atoms with van der Waals surface area (Å²) in [7, 11) is 2.84. The van der Waals surface area contributed by atoms with E-state index in [0.29, 0.717) is 16.9 Å². The molecule has 0 amide bonds. The molecule has 20 N–H and O–H groups in total. The number of fused-ring (bicyclic) bond motifs is 2. The smallest absolute Gasteiger partial charge is 0.330 e. The van der Waals surface area contributed by atoms with E-state index in [-0.39, 0.29) is 45.8 Å². The molecule has 0 spiro atoms. The molecule has 12 rings (SSSR count). The van der Waals surface area contributed by atoms with Crippen LogP contribution in [0.5, 0.6) is 74.7 Å². The summed E-state index contributed by atoms with van der Waals surface area (Å²) in [6.45, 7) is 2.54. The van der Waals surface area contributed by atoms with Crippen molar-refractivity contribution >= 4 is 46.0 Å². The third kappa shape index (κ3) is 18.0. The van der Waals surface area contributed by atoms with Gasteiger partial charge in [-0.25, -0.2) is 9.59 Å². The summed E-state index contributed by atoms with van der Waals surface area (Å²) in [5, 5.41) is 210. The van der Waals surface area contributed by atoms with E-state index < -0.39 is 245 Å². The number of carbonyl (C=O) groups is 2. The van der Waals surface area contributed by atoms with Crippen molar-refractivity contribution < 1.29 is 177 Å². The van der Waals surface area contributed by atoms with E-state index in [4.69, 9.17) is 65.7 Å². The summed E-state index contributed by atoms with van der Waals surface area (Å²) < 4.78 is 79.2.